The van der Waals surface area contributed by atoms with E-state index in [0.717, 1.165) is 6.07 Å². The Labute approximate surface area is 84.5 Å². The van der Waals surface area contributed by atoms with Crippen LogP contribution in [-0.2, 0) is 11.2 Å². The van der Waals surface area contributed by atoms with Crippen LogP contribution in [-0.4, -0.2) is 17.4 Å². The number of halogens is 3. The van der Waals surface area contributed by atoms with Crippen molar-refractivity contribution in [3.8, 4) is 5.75 Å². The third-order valence-electron chi connectivity index (χ3n) is 1.46. The van der Waals surface area contributed by atoms with E-state index in [1.54, 1.807) is 0 Å². The Morgan fingerprint density at radius 3 is 2.73 bits per heavy atom. The normalized spacial score (nSPS) is 12.1. The van der Waals surface area contributed by atoms with Gasteiger partial charge < -0.3 is 9.84 Å². The SMILES string of the molecule is [2H]c1cccc(CC(=O)O)c1OC(F)(F)F. The number of benzene rings is 1. The number of carboxylic acid groups (broad SMARTS) is 1. The zero-order valence-electron chi connectivity index (χ0n) is 8.34. The summed E-state index contributed by atoms with van der Waals surface area (Å²) in [5.74, 6) is -2.06. The first-order valence-corrected chi connectivity index (χ1v) is 3.85. The van der Waals surface area contributed by atoms with Gasteiger partial charge in [0.05, 0.1) is 7.79 Å². The number of carboxylic acids is 1. The number of hydrogen-bond acceptors (Lipinski definition) is 2. The molecular weight excluding hydrogens is 213 g/mol. The average molecular weight is 221 g/mol. The fourth-order valence-electron chi connectivity index (χ4n) is 0.969. The standard InChI is InChI=1S/C9H7F3O3/c10-9(11,12)15-7-4-2-1-3-6(7)5-8(13)14/h1-4H,5H2,(H,13,14)/i4D. The van der Waals surface area contributed by atoms with E-state index in [1.807, 2.05) is 0 Å². The number of alkyl halides is 3. The maximum absolute atomic E-state index is 12.0. The van der Waals surface area contributed by atoms with E-state index in [-0.39, 0.29) is 5.56 Å². The van der Waals surface area contributed by atoms with Gasteiger partial charge >= 0.3 is 12.3 Å². The first-order valence-electron chi connectivity index (χ1n) is 4.35. The monoisotopic (exact) mass is 221 g/mol. The van der Waals surface area contributed by atoms with Gasteiger partial charge in [-0.25, -0.2) is 0 Å². The van der Waals surface area contributed by atoms with Gasteiger partial charge in [0.1, 0.15) is 5.75 Å². The van der Waals surface area contributed by atoms with Crippen LogP contribution >= 0.6 is 0 Å². The van der Waals surface area contributed by atoms with E-state index in [1.165, 1.54) is 12.1 Å². The minimum atomic E-state index is -4.94. The van der Waals surface area contributed by atoms with E-state index in [0.29, 0.717) is 0 Å². The van der Waals surface area contributed by atoms with Gasteiger partial charge in [-0.3, -0.25) is 4.79 Å². The first kappa shape index (κ1) is 9.82. The Balaban J connectivity index is 3.08. The molecule has 0 radical (unpaired) electrons. The molecule has 15 heavy (non-hydrogen) atoms. The van der Waals surface area contributed by atoms with E-state index in [9.17, 15) is 18.0 Å². The number of ether oxygens (including phenoxy) is 1. The minimum Gasteiger partial charge on any atom is -0.481 e. The Morgan fingerprint density at radius 2 is 2.20 bits per heavy atom. The third kappa shape index (κ3) is 3.88. The summed E-state index contributed by atoms with van der Waals surface area (Å²) in [6.07, 6.45) is -5.57. The second-order valence-corrected chi connectivity index (χ2v) is 2.64. The van der Waals surface area contributed by atoms with E-state index >= 15 is 0 Å². The van der Waals surface area contributed by atoms with Crippen LogP contribution in [0.2, 0.25) is 0 Å². The summed E-state index contributed by atoms with van der Waals surface area (Å²) < 4.78 is 46.8. The van der Waals surface area contributed by atoms with Crippen LogP contribution in [0.5, 0.6) is 5.75 Å². The predicted molar refractivity (Wildman–Crippen MR) is 44.5 cm³/mol. The summed E-state index contributed by atoms with van der Waals surface area (Å²) in [6, 6.07) is 3.06. The molecule has 1 aromatic carbocycles. The molecule has 0 unspecified atom stereocenters. The Hall–Kier alpha value is -1.72. The molecule has 1 aromatic rings. The highest BCUT2D eigenvalue weighted by Crippen LogP contribution is 2.26. The van der Waals surface area contributed by atoms with Crippen molar-refractivity contribution >= 4 is 5.97 Å². The Bertz CT molecular complexity index is 403. The maximum Gasteiger partial charge on any atom is 0.573 e. The molecule has 0 bridgehead atoms. The van der Waals surface area contributed by atoms with E-state index < -0.39 is 30.5 Å². The highest BCUT2D eigenvalue weighted by Gasteiger charge is 2.32. The van der Waals surface area contributed by atoms with Gasteiger partial charge in [0, 0.05) is 5.56 Å². The van der Waals surface area contributed by atoms with Gasteiger partial charge in [-0.1, -0.05) is 18.2 Å². The molecule has 6 heteroatoms. The van der Waals surface area contributed by atoms with Crippen LogP contribution in [0.1, 0.15) is 6.93 Å². The van der Waals surface area contributed by atoms with Crippen molar-refractivity contribution in [3.05, 3.63) is 29.8 Å². The maximum atomic E-state index is 12.0. The molecule has 3 nitrogen and oxygen atoms in total. The molecule has 0 aliphatic rings. The van der Waals surface area contributed by atoms with Gasteiger partial charge in [-0.2, -0.15) is 0 Å². The van der Waals surface area contributed by atoms with Crippen molar-refractivity contribution < 1.29 is 29.2 Å². The van der Waals surface area contributed by atoms with Gasteiger partial charge in [0.2, 0.25) is 0 Å². The van der Waals surface area contributed by atoms with Crippen molar-refractivity contribution in [2.75, 3.05) is 0 Å². The Morgan fingerprint density at radius 1 is 1.53 bits per heavy atom. The molecule has 0 atom stereocenters. The second kappa shape index (κ2) is 4.20. The van der Waals surface area contributed by atoms with Crippen LogP contribution in [0.4, 0.5) is 13.2 Å². The molecule has 0 aromatic heterocycles. The van der Waals surface area contributed by atoms with Crippen LogP contribution in [0.15, 0.2) is 24.2 Å². The molecule has 0 fully saturated rings. The van der Waals surface area contributed by atoms with E-state index in [2.05, 4.69) is 4.74 Å². The molecule has 0 saturated heterocycles. The topological polar surface area (TPSA) is 46.5 Å². The summed E-state index contributed by atoms with van der Waals surface area (Å²) in [7, 11) is 0. The van der Waals surface area contributed by atoms with Crippen molar-refractivity contribution in [2.45, 2.75) is 12.8 Å². The summed E-state index contributed by atoms with van der Waals surface area (Å²) in [4.78, 5) is 10.4. The summed E-state index contributed by atoms with van der Waals surface area (Å²) in [5, 5.41) is 8.48. The molecular formula is C9H7F3O3. The van der Waals surface area contributed by atoms with Crippen molar-refractivity contribution in [2.24, 2.45) is 0 Å². The quantitative estimate of drug-likeness (QED) is 0.851. The number of hydrogen-bond donors (Lipinski definition) is 1. The lowest BCUT2D eigenvalue weighted by molar-refractivity contribution is -0.274. The van der Waals surface area contributed by atoms with Gasteiger partial charge in [0.25, 0.3) is 0 Å². The predicted octanol–water partition coefficient (Wildman–Crippen LogP) is 2.21. The Kier molecular flexibility index (Phi) is 2.75. The number of carbonyl (C=O) groups is 1. The minimum absolute atomic E-state index is 0.183. The molecule has 1 rings (SSSR count). The molecule has 0 amide bonds. The fraction of sp³-hybridized carbons (Fsp3) is 0.222. The third-order valence-corrected chi connectivity index (χ3v) is 1.46. The highest BCUT2D eigenvalue weighted by molar-refractivity contribution is 5.71. The highest BCUT2D eigenvalue weighted by atomic mass is 19.4. The lowest BCUT2D eigenvalue weighted by Gasteiger charge is -2.11. The zero-order chi connectivity index (χ0) is 12.3. The molecule has 82 valence electrons. The summed E-state index contributed by atoms with van der Waals surface area (Å²) >= 11 is 0. The van der Waals surface area contributed by atoms with Gasteiger partial charge in [0.15, 0.2) is 0 Å². The zero-order valence-corrected chi connectivity index (χ0v) is 7.34. The van der Waals surface area contributed by atoms with Gasteiger partial charge in [-0.15, -0.1) is 13.2 Å². The largest absolute Gasteiger partial charge is 0.573 e. The average Bonchev–Trinajstić information content (AvgIpc) is 2.08. The fourth-order valence-corrected chi connectivity index (χ4v) is 0.969. The lowest BCUT2D eigenvalue weighted by atomic mass is 10.1. The molecule has 1 N–H and O–H groups in total. The summed E-state index contributed by atoms with van der Waals surface area (Å²) in [5.41, 5.74) is -0.183. The van der Waals surface area contributed by atoms with Crippen LogP contribution < -0.4 is 4.74 Å². The van der Waals surface area contributed by atoms with Crippen molar-refractivity contribution in [3.63, 3.8) is 0 Å². The van der Waals surface area contributed by atoms with Crippen molar-refractivity contribution in [1.29, 1.82) is 0 Å². The lowest BCUT2D eigenvalue weighted by Crippen LogP contribution is -2.18. The van der Waals surface area contributed by atoms with Gasteiger partial charge in [-0.05, 0) is 6.04 Å². The van der Waals surface area contributed by atoms with Crippen molar-refractivity contribution in [1.82, 2.24) is 0 Å². The smallest absolute Gasteiger partial charge is 0.481 e. The molecule has 0 saturated carbocycles. The molecule has 0 heterocycles. The first-order chi connectivity index (χ1) is 7.29. The summed E-state index contributed by atoms with van der Waals surface area (Å²) in [6.45, 7) is 0. The number of aliphatic carboxylic acids is 1. The molecule has 0 aliphatic heterocycles. The number of rotatable bonds is 3. The molecule has 0 spiro atoms. The molecule has 0 aliphatic carbocycles. The second-order valence-electron chi connectivity index (χ2n) is 2.64. The van der Waals surface area contributed by atoms with Crippen LogP contribution in [0.25, 0.3) is 0 Å². The van der Waals surface area contributed by atoms with Crippen LogP contribution in [0, 0.1) is 0 Å². The van der Waals surface area contributed by atoms with E-state index in [4.69, 9.17) is 6.48 Å². The van der Waals surface area contributed by atoms with Crippen LogP contribution in [0.3, 0.4) is 0 Å². The number of para-hydroxylation sites is 1.